The van der Waals surface area contributed by atoms with E-state index in [9.17, 15) is 13.6 Å². The molecule has 0 unspecified atom stereocenters. The minimum Gasteiger partial charge on any atom is -0.499 e. The molecule has 1 N–H and O–H groups in total. The maximum atomic E-state index is 13.7. The molecule has 0 aromatic heterocycles. The first kappa shape index (κ1) is 19.8. The maximum Gasteiger partial charge on any atom is 0.332 e. The first-order valence-electron chi connectivity index (χ1n) is 9.01. The van der Waals surface area contributed by atoms with E-state index in [2.05, 4.69) is 0 Å². The standard InChI is InChI=1S/C22H21F2NO3/c23-19-7-1-4-16(12-19)21(17-5-2-8-20(24)13-17)15-28-11-10-25-9-3-6-18(14-25)22(26)27/h1-2,4-8,12-13,15H,3,9-11,14H2,(H,26,27). The van der Waals surface area contributed by atoms with Gasteiger partial charge < -0.3 is 9.84 Å². The molecule has 0 radical (unpaired) electrons. The molecule has 4 nitrogen and oxygen atoms in total. The highest BCUT2D eigenvalue weighted by Gasteiger charge is 2.17. The maximum absolute atomic E-state index is 13.7. The van der Waals surface area contributed by atoms with Crippen molar-refractivity contribution >= 4 is 11.5 Å². The number of carboxylic acid groups (broad SMARTS) is 1. The van der Waals surface area contributed by atoms with Gasteiger partial charge in [-0.1, -0.05) is 30.3 Å². The molecule has 0 bridgehead atoms. The summed E-state index contributed by atoms with van der Waals surface area (Å²) in [5.74, 6) is -1.67. The third-order valence-electron chi connectivity index (χ3n) is 4.50. The van der Waals surface area contributed by atoms with Crippen molar-refractivity contribution in [1.29, 1.82) is 0 Å². The van der Waals surface area contributed by atoms with E-state index in [0.717, 1.165) is 6.54 Å². The van der Waals surface area contributed by atoms with E-state index in [-0.39, 0.29) is 11.6 Å². The third-order valence-corrected chi connectivity index (χ3v) is 4.50. The summed E-state index contributed by atoms with van der Waals surface area (Å²) in [4.78, 5) is 13.1. The van der Waals surface area contributed by atoms with Crippen LogP contribution in [0.3, 0.4) is 0 Å². The van der Waals surface area contributed by atoms with Crippen molar-refractivity contribution in [2.45, 2.75) is 6.42 Å². The van der Waals surface area contributed by atoms with Crippen LogP contribution in [0, 0.1) is 11.6 Å². The minimum atomic E-state index is -0.898. The van der Waals surface area contributed by atoms with Gasteiger partial charge in [-0.3, -0.25) is 4.90 Å². The average Bonchev–Trinajstić information content (AvgIpc) is 2.68. The summed E-state index contributed by atoms with van der Waals surface area (Å²) in [5.41, 5.74) is 2.13. The fraction of sp³-hybridized carbons (Fsp3) is 0.227. The number of halogens is 2. The number of carbonyl (C=O) groups is 1. The van der Waals surface area contributed by atoms with Crippen LogP contribution >= 0.6 is 0 Å². The molecule has 0 aliphatic carbocycles. The molecule has 0 saturated carbocycles. The van der Waals surface area contributed by atoms with Crippen LogP contribution in [-0.2, 0) is 9.53 Å². The van der Waals surface area contributed by atoms with Crippen LogP contribution in [0.15, 0.2) is 66.4 Å². The lowest BCUT2D eigenvalue weighted by Gasteiger charge is -2.25. The number of aliphatic carboxylic acids is 1. The SMILES string of the molecule is O=C(O)C1=CCCN(CCOC=C(c2cccc(F)c2)c2cccc(F)c2)C1. The average molecular weight is 385 g/mol. The van der Waals surface area contributed by atoms with Gasteiger partial charge in [0.1, 0.15) is 18.2 Å². The van der Waals surface area contributed by atoms with E-state index in [4.69, 9.17) is 9.84 Å². The molecule has 0 fully saturated rings. The fourth-order valence-corrected chi connectivity index (χ4v) is 3.09. The first-order valence-corrected chi connectivity index (χ1v) is 9.01. The molecular weight excluding hydrogens is 364 g/mol. The summed E-state index contributed by atoms with van der Waals surface area (Å²) >= 11 is 0. The second kappa shape index (κ2) is 9.28. The summed E-state index contributed by atoms with van der Waals surface area (Å²) in [5, 5.41) is 9.10. The van der Waals surface area contributed by atoms with Crippen molar-refractivity contribution < 1.29 is 23.4 Å². The van der Waals surface area contributed by atoms with Crippen LogP contribution in [0.4, 0.5) is 8.78 Å². The third kappa shape index (κ3) is 5.27. The number of hydrogen-bond acceptors (Lipinski definition) is 3. The Hall–Kier alpha value is -2.99. The van der Waals surface area contributed by atoms with E-state index < -0.39 is 5.97 Å². The molecule has 0 amide bonds. The second-order valence-electron chi connectivity index (χ2n) is 6.52. The number of rotatable bonds is 7. The summed E-state index contributed by atoms with van der Waals surface area (Å²) in [6.07, 6.45) is 3.93. The van der Waals surface area contributed by atoms with E-state index >= 15 is 0 Å². The Morgan fingerprint density at radius 2 is 1.75 bits per heavy atom. The molecule has 0 spiro atoms. The lowest BCUT2D eigenvalue weighted by Crippen LogP contribution is -2.34. The van der Waals surface area contributed by atoms with Crippen molar-refractivity contribution in [3.63, 3.8) is 0 Å². The summed E-state index contributed by atoms with van der Waals surface area (Å²) in [7, 11) is 0. The van der Waals surface area contributed by atoms with Gasteiger partial charge in [0, 0.05) is 30.8 Å². The van der Waals surface area contributed by atoms with Crippen LogP contribution < -0.4 is 0 Å². The molecule has 1 aliphatic rings. The first-order chi connectivity index (χ1) is 13.5. The Balaban J connectivity index is 1.70. The van der Waals surface area contributed by atoms with Gasteiger partial charge in [0.25, 0.3) is 0 Å². The van der Waals surface area contributed by atoms with E-state index in [1.54, 1.807) is 30.3 Å². The minimum absolute atomic E-state index is 0.334. The Kier molecular flexibility index (Phi) is 6.55. The number of carboxylic acids is 1. The smallest absolute Gasteiger partial charge is 0.332 e. The van der Waals surface area contributed by atoms with Gasteiger partial charge in [-0.05, 0) is 41.8 Å². The Morgan fingerprint density at radius 1 is 1.11 bits per heavy atom. The van der Waals surface area contributed by atoms with Crippen LogP contribution in [0.2, 0.25) is 0 Å². The van der Waals surface area contributed by atoms with E-state index in [0.29, 0.717) is 48.4 Å². The quantitative estimate of drug-likeness (QED) is 0.576. The molecule has 3 rings (SSSR count). The van der Waals surface area contributed by atoms with Crippen LogP contribution in [0.5, 0.6) is 0 Å². The fourth-order valence-electron chi connectivity index (χ4n) is 3.09. The highest BCUT2D eigenvalue weighted by Crippen LogP contribution is 2.25. The largest absolute Gasteiger partial charge is 0.499 e. The summed E-state index contributed by atoms with van der Waals surface area (Å²) < 4.78 is 33.0. The topological polar surface area (TPSA) is 49.8 Å². The van der Waals surface area contributed by atoms with Crippen LogP contribution in [-0.4, -0.2) is 42.2 Å². The number of ether oxygens (including phenoxy) is 1. The number of nitrogens with zero attached hydrogens (tertiary/aromatic N) is 1. The van der Waals surface area contributed by atoms with E-state index in [1.807, 2.05) is 4.90 Å². The van der Waals surface area contributed by atoms with Gasteiger partial charge >= 0.3 is 5.97 Å². The monoisotopic (exact) mass is 385 g/mol. The van der Waals surface area contributed by atoms with Gasteiger partial charge in [-0.25, -0.2) is 13.6 Å². The van der Waals surface area contributed by atoms with Gasteiger partial charge in [-0.2, -0.15) is 0 Å². The van der Waals surface area contributed by atoms with Crippen LogP contribution in [0.1, 0.15) is 17.5 Å². The number of hydrogen-bond donors (Lipinski definition) is 1. The molecule has 1 aliphatic heterocycles. The van der Waals surface area contributed by atoms with Gasteiger partial charge in [-0.15, -0.1) is 0 Å². The molecule has 28 heavy (non-hydrogen) atoms. The van der Waals surface area contributed by atoms with Gasteiger partial charge in [0.05, 0.1) is 6.26 Å². The molecule has 1 heterocycles. The highest BCUT2D eigenvalue weighted by molar-refractivity contribution is 5.87. The lowest BCUT2D eigenvalue weighted by atomic mass is 9.99. The van der Waals surface area contributed by atoms with Crippen molar-refractivity contribution in [3.05, 3.63) is 89.2 Å². The number of benzene rings is 2. The molecule has 2 aromatic carbocycles. The predicted molar refractivity (Wildman–Crippen MR) is 103 cm³/mol. The zero-order chi connectivity index (χ0) is 19.9. The van der Waals surface area contributed by atoms with E-state index in [1.165, 1.54) is 30.5 Å². The Labute approximate surface area is 162 Å². The zero-order valence-corrected chi connectivity index (χ0v) is 15.3. The Morgan fingerprint density at radius 3 is 2.32 bits per heavy atom. The van der Waals surface area contributed by atoms with Gasteiger partial charge in [0.2, 0.25) is 0 Å². The van der Waals surface area contributed by atoms with Gasteiger partial charge in [0.15, 0.2) is 0 Å². The van der Waals surface area contributed by atoms with Crippen molar-refractivity contribution in [1.82, 2.24) is 4.90 Å². The molecule has 146 valence electrons. The van der Waals surface area contributed by atoms with Crippen molar-refractivity contribution in [2.75, 3.05) is 26.2 Å². The van der Waals surface area contributed by atoms with Crippen molar-refractivity contribution in [2.24, 2.45) is 0 Å². The molecular formula is C22H21F2NO3. The molecule has 0 atom stereocenters. The second-order valence-corrected chi connectivity index (χ2v) is 6.52. The van der Waals surface area contributed by atoms with Crippen molar-refractivity contribution in [3.8, 4) is 0 Å². The normalized spacial score (nSPS) is 14.3. The summed E-state index contributed by atoms with van der Waals surface area (Å²) in [6, 6.07) is 12.1. The molecule has 2 aromatic rings. The highest BCUT2D eigenvalue weighted by atomic mass is 19.1. The van der Waals surface area contributed by atoms with Crippen LogP contribution in [0.25, 0.3) is 5.57 Å². The Bertz CT molecular complexity index is 861. The summed E-state index contributed by atoms with van der Waals surface area (Å²) in [6.45, 7) is 2.04. The predicted octanol–water partition coefficient (Wildman–Crippen LogP) is 4.09. The lowest BCUT2D eigenvalue weighted by molar-refractivity contribution is -0.133. The zero-order valence-electron chi connectivity index (χ0n) is 15.3. The molecule has 0 saturated heterocycles. The molecule has 6 heteroatoms.